The van der Waals surface area contributed by atoms with E-state index in [0.29, 0.717) is 24.7 Å². The first-order valence-electron chi connectivity index (χ1n) is 4.85. The van der Waals surface area contributed by atoms with E-state index < -0.39 is 5.91 Å². The predicted molar refractivity (Wildman–Crippen MR) is 61.0 cm³/mol. The number of ether oxygens (including phenoxy) is 1. The lowest BCUT2D eigenvalue weighted by molar-refractivity contribution is -0.122. The fourth-order valence-electron chi connectivity index (χ4n) is 1.09. The van der Waals surface area contributed by atoms with E-state index in [2.05, 4.69) is 10.3 Å². The maximum absolute atomic E-state index is 10.4. The Balaban J connectivity index is 2.12. The van der Waals surface area contributed by atoms with Crippen LogP contribution in [0.5, 0.6) is 0 Å². The van der Waals surface area contributed by atoms with Crippen LogP contribution in [0.15, 0.2) is 18.5 Å². The van der Waals surface area contributed by atoms with Gasteiger partial charge in [-0.05, 0) is 11.6 Å². The highest BCUT2D eigenvalue weighted by Crippen LogP contribution is 2.12. The number of nitrogens with one attached hydrogen (secondary N) is 1. The fourth-order valence-corrected chi connectivity index (χ4v) is 1.27. The van der Waals surface area contributed by atoms with Crippen LogP contribution in [-0.2, 0) is 16.1 Å². The number of carbonyl (C=O) groups excluding carboxylic acids is 1. The molecule has 0 radical (unpaired) electrons. The van der Waals surface area contributed by atoms with Crippen molar-refractivity contribution in [2.24, 2.45) is 5.73 Å². The third-order valence-electron chi connectivity index (χ3n) is 1.84. The van der Waals surface area contributed by atoms with E-state index >= 15 is 0 Å². The van der Waals surface area contributed by atoms with E-state index in [1.165, 1.54) is 0 Å². The van der Waals surface area contributed by atoms with Gasteiger partial charge in [0.15, 0.2) is 0 Å². The van der Waals surface area contributed by atoms with Crippen LogP contribution in [0.2, 0.25) is 5.02 Å². The van der Waals surface area contributed by atoms with Gasteiger partial charge < -0.3 is 15.8 Å². The van der Waals surface area contributed by atoms with Crippen LogP contribution in [0, 0.1) is 0 Å². The first-order valence-corrected chi connectivity index (χ1v) is 5.23. The summed E-state index contributed by atoms with van der Waals surface area (Å²) in [6, 6.07) is 1.85. The highest BCUT2D eigenvalue weighted by Gasteiger charge is 1.98. The van der Waals surface area contributed by atoms with Crippen LogP contribution in [0.3, 0.4) is 0 Å². The van der Waals surface area contributed by atoms with Crippen molar-refractivity contribution in [1.82, 2.24) is 10.3 Å². The minimum Gasteiger partial charge on any atom is -0.370 e. The molecule has 0 saturated heterocycles. The highest BCUT2D eigenvalue weighted by atomic mass is 35.5. The van der Waals surface area contributed by atoms with Crippen LogP contribution < -0.4 is 11.1 Å². The summed E-state index contributed by atoms with van der Waals surface area (Å²) in [6.07, 6.45) is 3.29. The number of nitrogens with two attached hydrogens (primary N) is 1. The van der Waals surface area contributed by atoms with Crippen LogP contribution in [-0.4, -0.2) is 30.6 Å². The van der Waals surface area contributed by atoms with Crippen molar-refractivity contribution in [3.05, 3.63) is 29.0 Å². The molecule has 88 valence electrons. The van der Waals surface area contributed by atoms with Gasteiger partial charge >= 0.3 is 0 Å². The Morgan fingerprint density at radius 1 is 1.62 bits per heavy atom. The Morgan fingerprint density at radius 2 is 2.44 bits per heavy atom. The zero-order valence-corrected chi connectivity index (χ0v) is 9.54. The van der Waals surface area contributed by atoms with E-state index in [4.69, 9.17) is 22.1 Å². The zero-order valence-electron chi connectivity index (χ0n) is 8.78. The van der Waals surface area contributed by atoms with E-state index in [-0.39, 0.29) is 6.61 Å². The lowest BCUT2D eigenvalue weighted by atomic mass is 10.3. The van der Waals surface area contributed by atoms with Gasteiger partial charge in [-0.2, -0.15) is 0 Å². The summed E-state index contributed by atoms with van der Waals surface area (Å²) in [7, 11) is 0. The number of aromatic nitrogens is 1. The number of hydrogen-bond acceptors (Lipinski definition) is 4. The Kier molecular flexibility index (Phi) is 5.77. The van der Waals surface area contributed by atoms with E-state index in [0.717, 1.165) is 5.56 Å². The Labute approximate surface area is 98.9 Å². The molecule has 0 aliphatic carbocycles. The SMILES string of the molecule is NC(=O)COCCNCc1ccncc1Cl. The molecule has 1 amide bonds. The van der Waals surface area contributed by atoms with Crippen molar-refractivity contribution < 1.29 is 9.53 Å². The van der Waals surface area contributed by atoms with Crippen molar-refractivity contribution in [1.29, 1.82) is 0 Å². The van der Waals surface area contributed by atoms with Crippen molar-refractivity contribution in [2.75, 3.05) is 19.8 Å². The summed E-state index contributed by atoms with van der Waals surface area (Å²) in [5.41, 5.74) is 5.89. The smallest absolute Gasteiger partial charge is 0.243 e. The first kappa shape index (κ1) is 12.9. The normalized spacial score (nSPS) is 10.3. The molecular weight excluding hydrogens is 230 g/mol. The van der Waals surface area contributed by atoms with Gasteiger partial charge in [-0.1, -0.05) is 11.6 Å². The first-order chi connectivity index (χ1) is 7.70. The van der Waals surface area contributed by atoms with E-state index in [1.807, 2.05) is 6.07 Å². The standard InChI is InChI=1S/C10H14ClN3O2/c11-9-6-13-2-1-8(9)5-14-3-4-16-7-10(12)15/h1-2,6,14H,3-5,7H2,(H2,12,15). The molecule has 0 unspecified atom stereocenters. The Hall–Kier alpha value is -1.17. The van der Waals surface area contributed by atoms with Crippen molar-refractivity contribution in [3.8, 4) is 0 Å². The highest BCUT2D eigenvalue weighted by molar-refractivity contribution is 6.31. The van der Waals surface area contributed by atoms with E-state index in [1.54, 1.807) is 12.4 Å². The molecule has 1 aromatic rings. The van der Waals surface area contributed by atoms with Gasteiger partial charge in [0.05, 0.1) is 11.6 Å². The largest absolute Gasteiger partial charge is 0.370 e. The number of carbonyl (C=O) groups is 1. The molecule has 0 aliphatic heterocycles. The van der Waals surface area contributed by atoms with Gasteiger partial charge in [0.25, 0.3) is 0 Å². The number of nitrogens with zero attached hydrogens (tertiary/aromatic N) is 1. The van der Waals surface area contributed by atoms with Crippen molar-refractivity contribution in [2.45, 2.75) is 6.54 Å². The maximum atomic E-state index is 10.4. The molecule has 0 atom stereocenters. The molecule has 0 aromatic carbocycles. The van der Waals surface area contributed by atoms with Crippen molar-refractivity contribution in [3.63, 3.8) is 0 Å². The monoisotopic (exact) mass is 243 g/mol. The average molecular weight is 244 g/mol. The average Bonchev–Trinajstić information content (AvgIpc) is 2.25. The predicted octanol–water partition coefficient (Wildman–Crippen LogP) is 0.327. The van der Waals surface area contributed by atoms with Crippen molar-refractivity contribution >= 4 is 17.5 Å². The van der Waals surface area contributed by atoms with Gasteiger partial charge in [0.1, 0.15) is 6.61 Å². The van der Waals surface area contributed by atoms with Crippen LogP contribution in [0.1, 0.15) is 5.56 Å². The molecule has 0 saturated carbocycles. The summed E-state index contributed by atoms with van der Waals surface area (Å²) in [5, 5.41) is 3.76. The van der Waals surface area contributed by atoms with Gasteiger partial charge in [0.2, 0.25) is 5.91 Å². The summed E-state index contributed by atoms with van der Waals surface area (Å²) in [4.78, 5) is 14.2. The molecule has 1 rings (SSSR count). The van der Waals surface area contributed by atoms with Gasteiger partial charge in [0, 0.05) is 25.5 Å². The number of amides is 1. The van der Waals surface area contributed by atoms with Gasteiger partial charge in [-0.25, -0.2) is 0 Å². The number of halogens is 1. The molecule has 0 spiro atoms. The minimum absolute atomic E-state index is 0.0440. The second-order valence-corrected chi connectivity index (χ2v) is 3.57. The van der Waals surface area contributed by atoms with Crippen LogP contribution in [0.25, 0.3) is 0 Å². The molecule has 5 nitrogen and oxygen atoms in total. The van der Waals surface area contributed by atoms with Gasteiger partial charge in [-0.15, -0.1) is 0 Å². The molecule has 0 bridgehead atoms. The lowest BCUT2D eigenvalue weighted by Gasteiger charge is -2.06. The number of pyridine rings is 1. The van der Waals surface area contributed by atoms with Crippen LogP contribution in [0.4, 0.5) is 0 Å². The third-order valence-corrected chi connectivity index (χ3v) is 2.18. The molecule has 16 heavy (non-hydrogen) atoms. The third kappa shape index (κ3) is 5.06. The lowest BCUT2D eigenvalue weighted by Crippen LogP contribution is -2.23. The molecule has 3 N–H and O–H groups in total. The van der Waals surface area contributed by atoms with E-state index in [9.17, 15) is 4.79 Å². The number of primary amides is 1. The Morgan fingerprint density at radius 3 is 3.12 bits per heavy atom. The molecule has 1 aromatic heterocycles. The molecule has 1 heterocycles. The Bertz CT molecular complexity index is 347. The molecule has 0 fully saturated rings. The summed E-state index contributed by atoms with van der Waals surface area (Å²) in [6.45, 7) is 1.66. The number of hydrogen-bond donors (Lipinski definition) is 2. The summed E-state index contributed by atoms with van der Waals surface area (Å²) < 4.78 is 4.98. The fraction of sp³-hybridized carbons (Fsp3) is 0.400. The topological polar surface area (TPSA) is 77.2 Å². The molecule has 6 heteroatoms. The quantitative estimate of drug-likeness (QED) is 0.677. The molecular formula is C10H14ClN3O2. The minimum atomic E-state index is -0.461. The second kappa shape index (κ2) is 7.16. The maximum Gasteiger partial charge on any atom is 0.243 e. The number of rotatable bonds is 7. The zero-order chi connectivity index (χ0) is 11.8. The van der Waals surface area contributed by atoms with Crippen LogP contribution >= 0.6 is 11.6 Å². The summed E-state index contributed by atoms with van der Waals surface area (Å²) >= 11 is 5.91. The summed E-state index contributed by atoms with van der Waals surface area (Å²) in [5.74, 6) is -0.461. The molecule has 0 aliphatic rings. The second-order valence-electron chi connectivity index (χ2n) is 3.16. The van der Waals surface area contributed by atoms with Gasteiger partial charge in [-0.3, -0.25) is 9.78 Å².